The molecule has 82 valence electrons. The summed E-state index contributed by atoms with van der Waals surface area (Å²) >= 11 is 0. The zero-order valence-electron chi connectivity index (χ0n) is 9.52. The van der Waals surface area contributed by atoms with Crippen molar-refractivity contribution in [1.82, 2.24) is 9.55 Å². The van der Waals surface area contributed by atoms with Crippen molar-refractivity contribution >= 4 is 5.82 Å². The van der Waals surface area contributed by atoms with Crippen LogP contribution in [0.2, 0.25) is 0 Å². The van der Waals surface area contributed by atoms with Gasteiger partial charge in [-0.05, 0) is 11.8 Å². The third-order valence-corrected chi connectivity index (χ3v) is 1.22. The average Bonchev–Trinajstić information content (AvgIpc) is 2.71. The highest BCUT2D eigenvalue weighted by molar-refractivity contribution is 5.14. The fourth-order valence-electron chi connectivity index (χ4n) is 0.709. The van der Waals surface area contributed by atoms with Crippen molar-refractivity contribution < 1.29 is 4.92 Å². The molecule has 0 aliphatic rings. The molecule has 5 nitrogen and oxygen atoms in total. The summed E-state index contributed by atoms with van der Waals surface area (Å²) in [6, 6.07) is 0. The molecule has 5 heteroatoms. The van der Waals surface area contributed by atoms with Gasteiger partial charge in [0.2, 0.25) is 0 Å². The Morgan fingerprint density at radius 3 is 2.21 bits per heavy atom. The molecule has 0 saturated heterocycles. The van der Waals surface area contributed by atoms with Crippen LogP contribution in [-0.2, 0) is 6.54 Å². The van der Waals surface area contributed by atoms with E-state index in [0.29, 0.717) is 6.54 Å². The largest absolute Gasteiger partial charge is 0.358 e. The topological polar surface area (TPSA) is 61.0 Å². The van der Waals surface area contributed by atoms with Crippen molar-refractivity contribution in [3.8, 4) is 0 Å². The van der Waals surface area contributed by atoms with Crippen LogP contribution < -0.4 is 0 Å². The van der Waals surface area contributed by atoms with Crippen molar-refractivity contribution in [2.24, 2.45) is 0 Å². The maximum Gasteiger partial charge on any atom is 0.342 e. The van der Waals surface area contributed by atoms with Gasteiger partial charge >= 0.3 is 5.82 Å². The lowest BCUT2D eigenvalue weighted by atomic mass is 10.7. The third-order valence-electron chi connectivity index (χ3n) is 1.22. The molecule has 0 aliphatic carbocycles. The van der Waals surface area contributed by atoms with E-state index in [9.17, 15) is 10.1 Å². The first-order valence-corrected chi connectivity index (χ1v) is 4.90. The first-order valence-electron chi connectivity index (χ1n) is 4.90. The van der Waals surface area contributed by atoms with E-state index in [2.05, 4.69) is 4.98 Å². The number of hydrogen-bond acceptors (Lipinski definition) is 3. The van der Waals surface area contributed by atoms with Gasteiger partial charge < -0.3 is 10.1 Å². The quantitative estimate of drug-likeness (QED) is 0.546. The van der Waals surface area contributed by atoms with Gasteiger partial charge in [0, 0.05) is 0 Å². The molecule has 1 rings (SSSR count). The second-order valence-corrected chi connectivity index (χ2v) is 1.79. The van der Waals surface area contributed by atoms with E-state index in [4.69, 9.17) is 0 Å². The molecule has 0 spiro atoms. The summed E-state index contributed by atoms with van der Waals surface area (Å²) < 4.78 is 1.47. The number of rotatable bonds is 2. The van der Waals surface area contributed by atoms with E-state index in [1.807, 2.05) is 34.6 Å². The Hall–Kier alpha value is -1.39. The predicted octanol–water partition coefficient (Wildman–Crippen LogP) is 2.86. The van der Waals surface area contributed by atoms with Crippen LogP contribution in [0.5, 0.6) is 0 Å². The average molecular weight is 201 g/mol. The summed E-state index contributed by atoms with van der Waals surface area (Å²) in [6.45, 7) is 10.4. The Bertz CT molecular complexity index is 246. The number of hydrogen-bond donors (Lipinski definition) is 0. The van der Waals surface area contributed by atoms with Crippen LogP contribution in [0.3, 0.4) is 0 Å². The smallest absolute Gasteiger partial charge is 0.342 e. The lowest BCUT2D eigenvalue weighted by Gasteiger charge is -1.93. The van der Waals surface area contributed by atoms with Crippen LogP contribution >= 0.6 is 0 Å². The highest BCUT2D eigenvalue weighted by Crippen LogP contribution is 2.07. The lowest BCUT2D eigenvalue weighted by Crippen LogP contribution is -1.98. The van der Waals surface area contributed by atoms with Crippen LogP contribution in [0.4, 0.5) is 5.82 Å². The van der Waals surface area contributed by atoms with Gasteiger partial charge in [-0.3, -0.25) is 0 Å². The van der Waals surface area contributed by atoms with Gasteiger partial charge in [0.25, 0.3) is 0 Å². The molecule has 0 amide bonds. The number of imidazole rings is 1. The normalized spacial score (nSPS) is 7.79. The number of aryl methyl sites for hydroxylation is 1. The molecule has 0 unspecified atom stereocenters. The molecular formula is C9H19N3O2. The van der Waals surface area contributed by atoms with Gasteiger partial charge in [-0.1, -0.05) is 27.7 Å². The summed E-state index contributed by atoms with van der Waals surface area (Å²) in [4.78, 5) is 13.4. The summed E-state index contributed by atoms with van der Waals surface area (Å²) in [6.07, 6.45) is 2.68. The van der Waals surface area contributed by atoms with E-state index < -0.39 is 4.92 Å². The molecule has 0 bridgehead atoms. The first kappa shape index (κ1) is 15.1. The second kappa shape index (κ2) is 9.70. The van der Waals surface area contributed by atoms with E-state index in [-0.39, 0.29) is 5.82 Å². The van der Waals surface area contributed by atoms with Crippen LogP contribution in [0, 0.1) is 10.1 Å². The minimum Gasteiger partial charge on any atom is -0.358 e. The molecule has 0 fully saturated rings. The number of nitrogens with zero attached hydrogens (tertiary/aromatic N) is 3. The fraction of sp³-hybridized carbons (Fsp3) is 0.667. The van der Waals surface area contributed by atoms with Crippen molar-refractivity contribution in [3.63, 3.8) is 0 Å². The molecular weight excluding hydrogens is 182 g/mol. The van der Waals surface area contributed by atoms with E-state index >= 15 is 0 Å². The highest BCUT2D eigenvalue weighted by Gasteiger charge is 2.09. The standard InChI is InChI=1S/C5H7N3O2.2C2H6/c1-2-7-4-6-3-5(7)8(9)10;2*1-2/h3-4H,2H2,1H3;2*1-2H3. The monoisotopic (exact) mass is 201 g/mol. The minimum atomic E-state index is -0.448. The predicted molar refractivity (Wildman–Crippen MR) is 57.3 cm³/mol. The molecule has 0 saturated carbocycles. The third kappa shape index (κ3) is 4.59. The van der Waals surface area contributed by atoms with Crippen LogP contribution in [0.25, 0.3) is 0 Å². The Morgan fingerprint density at radius 2 is 1.93 bits per heavy atom. The van der Waals surface area contributed by atoms with Crippen LogP contribution in [0.1, 0.15) is 34.6 Å². The Kier molecular flexibility index (Phi) is 10.5. The molecule has 0 aliphatic heterocycles. The molecule has 1 heterocycles. The van der Waals surface area contributed by atoms with Gasteiger partial charge in [-0.15, -0.1) is 0 Å². The molecule has 0 atom stereocenters. The van der Waals surface area contributed by atoms with E-state index in [0.717, 1.165) is 0 Å². The van der Waals surface area contributed by atoms with E-state index in [1.54, 1.807) is 0 Å². The Morgan fingerprint density at radius 1 is 1.43 bits per heavy atom. The second-order valence-electron chi connectivity index (χ2n) is 1.79. The van der Waals surface area contributed by atoms with Gasteiger partial charge in [-0.2, -0.15) is 0 Å². The van der Waals surface area contributed by atoms with Crippen LogP contribution in [-0.4, -0.2) is 14.5 Å². The van der Waals surface area contributed by atoms with Crippen molar-refractivity contribution in [1.29, 1.82) is 0 Å². The van der Waals surface area contributed by atoms with Gasteiger partial charge in [-0.25, -0.2) is 9.55 Å². The molecule has 14 heavy (non-hydrogen) atoms. The fourth-order valence-corrected chi connectivity index (χ4v) is 0.709. The molecule has 0 N–H and O–H groups in total. The van der Waals surface area contributed by atoms with Gasteiger partial charge in [0.1, 0.15) is 6.20 Å². The van der Waals surface area contributed by atoms with Gasteiger partial charge in [0.15, 0.2) is 6.33 Å². The number of nitro groups is 1. The maximum atomic E-state index is 10.2. The van der Waals surface area contributed by atoms with Crippen molar-refractivity contribution in [3.05, 3.63) is 22.6 Å². The Balaban J connectivity index is 0. The van der Waals surface area contributed by atoms with Crippen LogP contribution in [0.15, 0.2) is 12.5 Å². The zero-order valence-corrected chi connectivity index (χ0v) is 9.52. The maximum absolute atomic E-state index is 10.2. The SMILES string of the molecule is CC.CC.CCn1cncc1[N+](=O)[O-]. The summed E-state index contributed by atoms with van der Waals surface area (Å²) in [5.41, 5.74) is 0. The molecule has 0 aromatic carbocycles. The lowest BCUT2D eigenvalue weighted by molar-refractivity contribution is -0.392. The Labute approximate surface area is 84.9 Å². The minimum absolute atomic E-state index is 0.0440. The molecule has 1 aromatic heterocycles. The summed E-state index contributed by atoms with van der Waals surface area (Å²) in [5, 5.41) is 10.2. The first-order chi connectivity index (χ1) is 6.75. The van der Waals surface area contributed by atoms with E-state index in [1.165, 1.54) is 17.1 Å². The zero-order chi connectivity index (χ0) is 11.6. The number of aromatic nitrogens is 2. The van der Waals surface area contributed by atoms with Gasteiger partial charge in [0.05, 0.1) is 6.54 Å². The highest BCUT2D eigenvalue weighted by atomic mass is 16.6. The van der Waals surface area contributed by atoms with Crippen molar-refractivity contribution in [2.75, 3.05) is 0 Å². The summed E-state index contributed by atoms with van der Waals surface area (Å²) in [7, 11) is 0. The summed E-state index contributed by atoms with van der Waals surface area (Å²) in [5.74, 6) is 0.0440. The van der Waals surface area contributed by atoms with Crippen molar-refractivity contribution in [2.45, 2.75) is 41.2 Å². The molecule has 1 aromatic rings. The molecule has 0 radical (unpaired) electrons.